The number of hydrogen-bond donors (Lipinski definition) is 0. The number of aldehydes is 1. The van der Waals surface area contributed by atoms with Gasteiger partial charge in [0.05, 0.1) is 5.69 Å². The molecule has 66 valence electrons. The second-order valence-electron chi connectivity index (χ2n) is 3.13. The Morgan fingerprint density at radius 1 is 1.46 bits per heavy atom. The first-order valence-electron chi connectivity index (χ1n) is 4.13. The number of pyridine rings is 1. The van der Waals surface area contributed by atoms with Crippen molar-refractivity contribution < 1.29 is 4.79 Å². The molecular formula is C10H10N2O. The topological polar surface area (TPSA) is 34.4 Å². The van der Waals surface area contributed by atoms with Gasteiger partial charge < -0.3 is 4.40 Å². The Morgan fingerprint density at radius 3 is 2.92 bits per heavy atom. The van der Waals surface area contributed by atoms with E-state index in [-0.39, 0.29) is 0 Å². The third kappa shape index (κ3) is 1.13. The van der Waals surface area contributed by atoms with E-state index in [2.05, 4.69) is 4.98 Å². The molecule has 0 atom stereocenters. The van der Waals surface area contributed by atoms with Gasteiger partial charge in [0.1, 0.15) is 11.3 Å². The Kier molecular flexibility index (Phi) is 1.65. The van der Waals surface area contributed by atoms with Crippen molar-refractivity contribution in [3.05, 3.63) is 35.3 Å². The van der Waals surface area contributed by atoms with Crippen LogP contribution in [0.3, 0.4) is 0 Å². The molecule has 0 spiro atoms. The lowest BCUT2D eigenvalue weighted by Crippen LogP contribution is -1.88. The van der Waals surface area contributed by atoms with E-state index >= 15 is 0 Å². The van der Waals surface area contributed by atoms with Crippen molar-refractivity contribution in [2.45, 2.75) is 13.8 Å². The van der Waals surface area contributed by atoms with E-state index in [0.29, 0.717) is 5.69 Å². The van der Waals surface area contributed by atoms with Gasteiger partial charge in [0, 0.05) is 6.20 Å². The fourth-order valence-corrected chi connectivity index (χ4v) is 1.40. The normalized spacial score (nSPS) is 10.6. The largest absolute Gasteiger partial charge is 0.304 e. The number of hydrogen-bond acceptors (Lipinski definition) is 2. The molecule has 0 unspecified atom stereocenters. The predicted octanol–water partition coefficient (Wildman–Crippen LogP) is 1.76. The number of aryl methyl sites for hydroxylation is 2. The lowest BCUT2D eigenvalue weighted by Gasteiger charge is -1.96. The van der Waals surface area contributed by atoms with Gasteiger partial charge in [-0.15, -0.1) is 0 Å². The second-order valence-corrected chi connectivity index (χ2v) is 3.13. The van der Waals surface area contributed by atoms with Crippen molar-refractivity contribution in [3.8, 4) is 0 Å². The number of carbonyl (C=O) groups excluding carboxylic acids is 1. The second kappa shape index (κ2) is 2.69. The van der Waals surface area contributed by atoms with Crippen LogP contribution in [0.4, 0.5) is 0 Å². The van der Waals surface area contributed by atoms with Gasteiger partial charge in [0.15, 0.2) is 6.29 Å². The zero-order chi connectivity index (χ0) is 9.42. The van der Waals surface area contributed by atoms with E-state index in [1.165, 1.54) is 0 Å². The summed E-state index contributed by atoms with van der Waals surface area (Å²) in [6, 6.07) is 3.95. The van der Waals surface area contributed by atoms with Crippen molar-refractivity contribution in [1.29, 1.82) is 0 Å². The number of rotatable bonds is 1. The van der Waals surface area contributed by atoms with E-state index in [9.17, 15) is 4.79 Å². The smallest absolute Gasteiger partial charge is 0.170 e. The number of nitrogens with zero attached hydrogens (tertiary/aromatic N) is 2. The van der Waals surface area contributed by atoms with Crippen molar-refractivity contribution >= 4 is 11.9 Å². The molecule has 0 aromatic carbocycles. The minimum atomic E-state index is 0.519. The van der Waals surface area contributed by atoms with Gasteiger partial charge in [-0.2, -0.15) is 0 Å². The Labute approximate surface area is 76.0 Å². The summed E-state index contributed by atoms with van der Waals surface area (Å²) in [5, 5.41) is 0. The monoisotopic (exact) mass is 174 g/mol. The molecular weight excluding hydrogens is 164 g/mol. The molecule has 3 heteroatoms. The van der Waals surface area contributed by atoms with Crippen molar-refractivity contribution in [1.82, 2.24) is 9.38 Å². The summed E-state index contributed by atoms with van der Waals surface area (Å²) in [7, 11) is 0. The van der Waals surface area contributed by atoms with E-state index in [4.69, 9.17) is 0 Å². The van der Waals surface area contributed by atoms with Crippen LogP contribution < -0.4 is 0 Å². The Morgan fingerprint density at radius 2 is 2.23 bits per heavy atom. The van der Waals surface area contributed by atoms with Crippen LogP contribution in [0.1, 0.15) is 21.7 Å². The summed E-state index contributed by atoms with van der Waals surface area (Å²) >= 11 is 0. The number of imidazole rings is 1. The molecule has 0 radical (unpaired) electrons. The molecule has 2 rings (SSSR count). The molecule has 0 aliphatic carbocycles. The average Bonchev–Trinajstić information content (AvgIpc) is 2.42. The zero-order valence-corrected chi connectivity index (χ0v) is 7.61. The quantitative estimate of drug-likeness (QED) is 0.617. The van der Waals surface area contributed by atoms with Crippen molar-refractivity contribution in [2.24, 2.45) is 0 Å². The Bertz CT molecular complexity index is 471. The van der Waals surface area contributed by atoms with Gasteiger partial charge in [0.2, 0.25) is 0 Å². The van der Waals surface area contributed by atoms with Crippen LogP contribution in [0.25, 0.3) is 5.65 Å². The Balaban J connectivity index is 2.83. The zero-order valence-electron chi connectivity index (χ0n) is 7.61. The van der Waals surface area contributed by atoms with E-state index in [1.54, 1.807) is 0 Å². The molecule has 0 amide bonds. The van der Waals surface area contributed by atoms with Crippen LogP contribution in [0.15, 0.2) is 18.3 Å². The maximum Gasteiger partial charge on any atom is 0.170 e. The van der Waals surface area contributed by atoms with E-state index in [0.717, 1.165) is 23.2 Å². The van der Waals surface area contributed by atoms with Crippen LogP contribution in [0, 0.1) is 13.8 Å². The van der Waals surface area contributed by atoms with E-state index < -0.39 is 0 Å². The van der Waals surface area contributed by atoms with Crippen LogP contribution >= 0.6 is 0 Å². The maximum absolute atomic E-state index is 10.6. The standard InChI is InChI=1S/C10H10N2O/c1-7-3-4-12-8(2)9(6-13)11-10(12)5-7/h3-6H,1-2H3. The molecule has 0 aliphatic rings. The average molecular weight is 174 g/mol. The first kappa shape index (κ1) is 7.98. The molecule has 13 heavy (non-hydrogen) atoms. The summed E-state index contributed by atoms with van der Waals surface area (Å²) in [4.78, 5) is 14.8. The summed E-state index contributed by atoms with van der Waals surface area (Å²) in [5.74, 6) is 0. The highest BCUT2D eigenvalue weighted by Crippen LogP contribution is 2.11. The highest BCUT2D eigenvalue weighted by molar-refractivity contribution is 5.75. The highest BCUT2D eigenvalue weighted by Gasteiger charge is 2.05. The van der Waals surface area contributed by atoms with Gasteiger partial charge in [-0.1, -0.05) is 0 Å². The fourth-order valence-electron chi connectivity index (χ4n) is 1.40. The van der Waals surface area contributed by atoms with Crippen LogP contribution in [-0.4, -0.2) is 15.7 Å². The molecule has 0 saturated carbocycles. The number of aromatic nitrogens is 2. The van der Waals surface area contributed by atoms with Crippen molar-refractivity contribution in [3.63, 3.8) is 0 Å². The summed E-state index contributed by atoms with van der Waals surface area (Å²) in [6.45, 7) is 3.89. The van der Waals surface area contributed by atoms with E-state index in [1.807, 2.05) is 36.6 Å². The summed E-state index contributed by atoms with van der Waals surface area (Å²) in [6.07, 6.45) is 2.72. The minimum absolute atomic E-state index is 0.519. The summed E-state index contributed by atoms with van der Waals surface area (Å²) < 4.78 is 1.91. The fraction of sp³-hybridized carbons (Fsp3) is 0.200. The van der Waals surface area contributed by atoms with Crippen LogP contribution in [-0.2, 0) is 0 Å². The molecule has 0 aliphatic heterocycles. The molecule has 2 aromatic rings. The third-order valence-electron chi connectivity index (χ3n) is 2.17. The molecule has 0 N–H and O–H groups in total. The first-order chi connectivity index (χ1) is 6.22. The molecule has 3 nitrogen and oxygen atoms in total. The maximum atomic E-state index is 10.6. The first-order valence-corrected chi connectivity index (χ1v) is 4.13. The summed E-state index contributed by atoms with van der Waals surface area (Å²) in [5.41, 5.74) is 3.39. The van der Waals surface area contributed by atoms with Gasteiger partial charge >= 0.3 is 0 Å². The number of carbonyl (C=O) groups is 1. The number of fused-ring (bicyclic) bond motifs is 1. The van der Waals surface area contributed by atoms with Gasteiger partial charge in [-0.05, 0) is 31.5 Å². The molecule has 2 heterocycles. The lowest BCUT2D eigenvalue weighted by molar-refractivity contribution is 0.111. The predicted molar refractivity (Wildman–Crippen MR) is 50.1 cm³/mol. The molecule has 0 fully saturated rings. The third-order valence-corrected chi connectivity index (χ3v) is 2.17. The van der Waals surface area contributed by atoms with Gasteiger partial charge in [-0.3, -0.25) is 4.79 Å². The van der Waals surface area contributed by atoms with Gasteiger partial charge in [-0.25, -0.2) is 4.98 Å². The van der Waals surface area contributed by atoms with Crippen LogP contribution in [0.2, 0.25) is 0 Å². The Hall–Kier alpha value is -1.64. The molecule has 0 saturated heterocycles. The van der Waals surface area contributed by atoms with Gasteiger partial charge in [0.25, 0.3) is 0 Å². The van der Waals surface area contributed by atoms with Crippen LogP contribution in [0.5, 0.6) is 0 Å². The van der Waals surface area contributed by atoms with Crippen molar-refractivity contribution in [2.75, 3.05) is 0 Å². The molecule has 0 bridgehead atoms. The highest BCUT2D eigenvalue weighted by atomic mass is 16.1. The molecule has 2 aromatic heterocycles. The minimum Gasteiger partial charge on any atom is -0.304 e. The SMILES string of the molecule is Cc1ccn2c(C)c(C=O)nc2c1. The lowest BCUT2D eigenvalue weighted by atomic mass is 10.3.